The SMILES string of the molecule is Cc1ccccc1C(O)CNC(C)c1cccc(CO)c1. The highest BCUT2D eigenvalue weighted by molar-refractivity contribution is 5.28. The van der Waals surface area contributed by atoms with Gasteiger partial charge in [-0.3, -0.25) is 0 Å². The van der Waals surface area contributed by atoms with Crippen molar-refractivity contribution < 1.29 is 10.2 Å². The van der Waals surface area contributed by atoms with E-state index in [0.29, 0.717) is 6.54 Å². The zero-order chi connectivity index (χ0) is 15.2. The summed E-state index contributed by atoms with van der Waals surface area (Å²) in [6.45, 7) is 4.61. The summed E-state index contributed by atoms with van der Waals surface area (Å²) in [6, 6.07) is 15.9. The Labute approximate surface area is 126 Å². The van der Waals surface area contributed by atoms with Gasteiger partial charge in [-0.05, 0) is 36.1 Å². The Hall–Kier alpha value is -1.68. The molecule has 0 saturated heterocycles. The molecule has 2 atom stereocenters. The van der Waals surface area contributed by atoms with Crippen molar-refractivity contribution in [2.75, 3.05) is 6.54 Å². The maximum absolute atomic E-state index is 10.3. The van der Waals surface area contributed by atoms with Crippen LogP contribution in [0.2, 0.25) is 0 Å². The molecule has 3 heteroatoms. The van der Waals surface area contributed by atoms with Crippen LogP contribution in [-0.2, 0) is 6.61 Å². The van der Waals surface area contributed by atoms with Crippen LogP contribution < -0.4 is 5.32 Å². The largest absolute Gasteiger partial charge is 0.392 e. The van der Waals surface area contributed by atoms with Crippen molar-refractivity contribution in [1.29, 1.82) is 0 Å². The van der Waals surface area contributed by atoms with Crippen molar-refractivity contribution in [3.8, 4) is 0 Å². The minimum Gasteiger partial charge on any atom is -0.392 e. The molecular formula is C18H23NO2. The lowest BCUT2D eigenvalue weighted by Gasteiger charge is -2.19. The van der Waals surface area contributed by atoms with Crippen LogP contribution >= 0.6 is 0 Å². The van der Waals surface area contributed by atoms with Crippen LogP contribution in [0.1, 0.15) is 41.3 Å². The van der Waals surface area contributed by atoms with E-state index in [2.05, 4.69) is 12.2 Å². The molecule has 0 heterocycles. The van der Waals surface area contributed by atoms with Crippen LogP contribution in [0.4, 0.5) is 0 Å². The first-order chi connectivity index (χ1) is 10.1. The Morgan fingerprint density at radius 2 is 1.86 bits per heavy atom. The fourth-order valence-electron chi connectivity index (χ4n) is 2.44. The highest BCUT2D eigenvalue weighted by Gasteiger charge is 2.12. The predicted molar refractivity (Wildman–Crippen MR) is 84.9 cm³/mol. The van der Waals surface area contributed by atoms with E-state index in [-0.39, 0.29) is 12.6 Å². The molecule has 0 spiro atoms. The van der Waals surface area contributed by atoms with Crippen LogP contribution in [0, 0.1) is 6.92 Å². The third kappa shape index (κ3) is 4.14. The van der Waals surface area contributed by atoms with Crippen molar-refractivity contribution in [3.63, 3.8) is 0 Å². The summed E-state index contributed by atoms with van der Waals surface area (Å²) in [5.74, 6) is 0. The van der Waals surface area contributed by atoms with Crippen molar-refractivity contribution in [2.45, 2.75) is 32.6 Å². The molecule has 0 radical (unpaired) electrons. The van der Waals surface area contributed by atoms with Gasteiger partial charge in [0.1, 0.15) is 0 Å². The van der Waals surface area contributed by atoms with Crippen LogP contribution in [0.5, 0.6) is 0 Å². The second-order valence-corrected chi connectivity index (χ2v) is 5.41. The van der Waals surface area contributed by atoms with Crippen LogP contribution in [0.15, 0.2) is 48.5 Å². The maximum atomic E-state index is 10.3. The summed E-state index contributed by atoms with van der Waals surface area (Å²) >= 11 is 0. The molecular weight excluding hydrogens is 262 g/mol. The normalized spacial score (nSPS) is 13.9. The van der Waals surface area contributed by atoms with Crippen molar-refractivity contribution in [1.82, 2.24) is 5.32 Å². The maximum Gasteiger partial charge on any atom is 0.0917 e. The van der Waals surface area contributed by atoms with Crippen LogP contribution in [0.3, 0.4) is 0 Å². The van der Waals surface area contributed by atoms with Gasteiger partial charge in [0.05, 0.1) is 12.7 Å². The Bertz CT molecular complexity index is 583. The zero-order valence-electron chi connectivity index (χ0n) is 12.6. The molecule has 2 aromatic rings. The molecule has 0 aliphatic rings. The average molecular weight is 285 g/mol. The lowest BCUT2D eigenvalue weighted by Crippen LogP contribution is -2.25. The fraction of sp³-hybridized carbons (Fsp3) is 0.333. The second kappa shape index (κ2) is 7.36. The first-order valence-corrected chi connectivity index (χ1v) is 7.28. The van der Waals surface area contributed by atoms with Gasteiger partial charge in [0.15, 0.2) is 0 Å². The monoisotopic (exact) mass is 285 g/mol. The van der Waals surface area contributed by atoms with Gasteiger partial charge in [0.25, 0.3) is 0 Å². The van der Waals surface area contributed by atoms with E-state index in [1.165, 1.54) is 0 Å². The van der Waals surface area contributed by atoms with E-state index in [1.807, 2.05) is 55.5 Å². The molecule has 3 N–H and O–H groups in total. The van der Waals surface area contributed by atoms with Gasteiger partial charge >= 0.3 is 0 Å². The van der Waals surface area contributed by atoms with Crippen molar-refractivity contribution >= 4 is 0 Å². The van der Waals surface area contributed by atoms with Gasteiger partial charge in [-0.2, -0.15) is 0 Å². The summed E-state index contributed by atoms with van der Waals surface area (Å²) in [6.07, 6.45) is -0.519. The molecule has 0 saturated carbocycles. The Balaban J connectivity index is 1.97. The third-order valence-electron chi connectivity index (χ3n) is 3.80. The van der Waals surface area contributed by atoms with E-state index in [1.54, 1.807) is 0 Å². The molecule has 2 aromatic carbocycles. The number of nitrogens with one attached hydrogen (secondary N) is 1. The minimum atomic E-state index is -0.519. The number of hydrogen-bond acceptors (Lipinski definition) is 3. The van der Waals surface area contributed by atoms with Crippen LogP contribution in [-0.4, -0.2) is 16.8 Å². The Kier molecular flexibility index (Phi) is 5.51. The third-order valence-corrected chi connectivity index (χ3v) is 3.80. The number of aliphatic hydroxyl groups is 2. The van der Waals surface area contributed by atoms with Gasteiger partial charge in [0, 0.05) is 12.6 Å². The first-order valence-electron chi connectivity index (χ1n) is 7.28. The summed E-state index contributed by atoms with van der Waals surface area (Å²) in [4.78, 5) is 0. The van der Waals surface area contributed by atoms with Gasteiger partial charge in [-0.15, -0.1) is 0 Å². The molecule has 0 aromatic heterocycles. The highest BCUT2D eigenvalue weighted by Crippen LogP contribution is 2.19. The summed E-state index contributed by atoms with van der Waals surface area (Å²) in [5.41, 5.74) is 4.07. The number of aliphatic hydroxyl groups excluding tert-OH is 2. The summed E-state index contributed by atoms with van der Waals surface area (Å²) in [7, 11) is 0. The molecule has 0 aliphatic heterocycles. The van der Waals surface area contributed by atoms with Crippen LogP contribution in [0.25, 0.3) is 0 Å². The van der Waals surface area contributed by atoms with Gasteiger partial charge in [0.2, 0.25) is 0 Å². The lowest BCUT2D eigenvalue weighted by molar-refractivity contribution is 0.170. The molecule has 0 bridgehead atoms. The zero-order valence-corrected chi connectivity index (χ0v) is 12.6. The van der Waals surface area contributed by atoms with Crippen molar-refractivity contribution in [3.05, 3.63) is 70.8 Å². The topological polar surface area (TPSA) is 52.5 Å². The van der Waals surface area contributed by atoms with E-state index in [4.69, 9.17) is 0 Å². The molecule has 2 rings (SSSR count). The van der Waals surface area contributed by atoms with Gasteiger partial charge in [-0.25, -0.2) is 0 Å². The molecule has 0 aliphatic carbocycles. The quantitative estimate of drug-likeness (QED) is 0.765. The van der Waals surface area contributed by atoms with Crippen molar-refractivity contribution in [2.24, 2.45) is 0 Å². The molecule has 0 fully saturated rings. The number of rotatable bonds is 6. The number of aryl methyl sites for hydroxylation is 1. The van der Waals surface area contributed by atoms with Gasteiger partial charge < -0.3 is 15.5 Å². The average Bonchev–Trinajstić information content (AvgIpc) is 2.52. The smallest absolute Gasteiger partial charge is 0.0917 e. The Morgan fingerprint density at radius 3 is 2.57 bits per heavy atom. The molecule has 0 amide bonds. The predicted octanol–water partition coefficient (Wildman–Crippen LogP) is 2.87. The molecule has 2 unspecified atom stereocenters. The molecule has 112 valence electrons. The van der Waals surface area contributed by atoms with E-state index >= 15 is 0 Å². The van der Waals surface area contributed by atoms with E-state index in [9.17, 15) is 10.2 Å². The second-order valence-electron chi connectivity index (χ2n) is 5.41. The van der Waals surface area contributed by atoms with E-state index < -0.39 is 6.10 Å². The lowest BCUT2D eigenvalue weighted by atomic mass is 10.0. The number of benzene rings is 2. The molecule has 3 nitrogen and oxygen atoms in total. The minimum absolute atomic E-state index is 0.0480. The number of hydrogen-bond donors (Lipinski definition) is 3. The molecule has 21 heavy (non-hydrogen) atoms. The summed E-state index contributed by atoms with van der Waals surface area (Å²) in [5, 5.41) is 22.8. The highest BCUT2D eigenvalue weighted by atomic mass is 16.3. The standard InChI is InChI=1S/C18H23NO2/c1-13-6-3-4-9-17(13)18(21)11-19-14(2)16-8-5-7-15(10-16)12-20/h3-10,14,18-21H,11-12H2,1-2H3. The van der Waals surface area contributed by atoms with Gasteiger partial charge in [-0.1, -0.05) is 48.5 Å². The first kappa shape index (κ1) is 15.7. The Morgan fingerprint density at radius 1 is 1.10 bits per heavy atom. The summed E-state index contributed by atoms with van der Waals surface area (Å²) < 4.78 is 0. The fourth-order valence-corrected chi connectivity index (χ4v) is 2.44. The van der Waals surface area contributed by atoms with E-state index in [0.717, 1.165) is 22.3 Å².